The first kappa shape index (κ1) is 18.5. The molecule has 2 rings (SSSR count). The molecule has 0 amide bonds. The number of alkyl halides is 2. The fraction of sp³-hybridized carbons (Fsp3) is 0.238. The first-order chi connectivity index (χ1) is 11.7. The van der Waals surface area contributed by atoms with E-state index in [4.69, 9.17) is 6.42 Å². The molecule has 1 heterocycles. The summed E-state index contributed by atoms with van der Waals surface area (Å²) < 4.78 is 28.4. The average molecular weight is 339 g/mol. The third-order valence-corrected chi connectivity index (χ3v) is 3.88. The first-order valence-corrected chi connectivity index (χ1v) is 7.80. The highest BCUT2D eigenvalue weighted by molar-refractivity contribution is 6.29. The molecular weight excluding hydrogens is 320 g/mol. The maximum Gasteiger partial charge on any atom is 0.271 e. The van der Waals surface area contributed by atoms with Gasteiger partial charge in [-0.2, -0.15) is 0 Å². The molecule has 0 saturated heterocycles. The maximum absolute atomic E-state index is 14.2. The van der Waals surface area contributed by atoms with Crippen molar-refractivity contribution in [2.24, 2.45) is 0 Å². The van der Waals surface area contributed by atoms with Crippen molar-refractivity contribution in [2.45, 2.75) is 33.6 Å². The lowest BCUT2D eigenvalue weighted by molar-refractivity contribution is 0.0172. The molecule has 25 heavy (non-hydrogen) atoms. The number of rotatable bonds is 4. The molecule has 0 atom stereocenters. The molecule has 0 fully saturated rings. The zero-order valence-corrected chi connectivity index (χ0v) is 14.7. The van der Waals surface area contributed by atoms with Gasteiger partial charge in [-0.3, -0.25) is 9.78 Å². The van der Waals surface area contributed by atoms with Gasteiger partial charge in [0.15, 0.2) is 0 Å². The number of pyridine rings is 1. The minimum Gasteiger partial charge on any atom is -0.287 e. The van der Waals surface area contributed by atoms with E-state index in [2.05, 4.69) is 10.9 Å². The molecule has 0 aliphatic heterocycles. The summed E-state index contributed by atoms with van der Waals surface area (Å²) in [4.78, 5) is 17.2. The second-order valence-corrected chi connectivity index (χ2v) is 6.17. The van der Waals surface area contributed by atoms with Crippen LogP contribution in [0.5, 0.6) is 0 Å². The molecule has 128 valence electrons. The summed E-state index contributed by atoms with van der Waals surface area (Å²) in [5, 5.41) is 0. The van der Waals surface area contributed by atoms with E-state index in [-0.39, 0.29) is 28.2 Å². The fourth-order valence-electron chi connectivity index (χ4n) is 2.68. The normalized spacial score (nSPS) is 10.9. The van der Waals surface area contributed by atoms with Crippen LogP contribution >= 0.6 is 0 Å². The standard InChI is InChI=1S/C21H19F2NO/c1-6-15-9-10-16(17(12-15)21(5,22)23)18(13(2)3)20(25)19-14(4)8-7-11-24-19/h1,7-12H,2-5H3. The Bertz CT molecular complexity index is 895. The number of Topliss-reactive ketones (excluding diaryl/α,β-unsaturated/α-hetero) is 1. The highest BCUT2D eigenvalue weighted by Gasteiger charge is 2.31. The van der Waals surface area contributed by atoms with E-state index in [1.807, 2.05) is 0 Å². The molecule has 0 spiro atoms. The van der Waals surface area contributed by atoms with E-state index in [1.165, 1.54) is 18.3 Å². The van der Waals surface area contributed by atoms with E-state index in [0.717, 1.165) is 6.92 Å². The van der Waals surface area contributed by atoms with Gasteiger partial charge in [0.05, 0.1) is 0 Å². The van der Waals surface area contributed by atoms with Crippen LogP contribution in [-0.2, 0) is 5.92 Å². The SMILES string of the molecule is C#Cc1ccc(C(C(=O)c2ncccc2C)=C(C)C)c(C(C)(F)F)c1. The van der Waals surface area contributed by atoms with Gasteiger partial charge in [0, 0.05) is 29.8 Å². The van der Waals surface area contributed by atoms with Crippen molar-refractivity contribution in [3.63, 3.8) is 0 Å². The molecule has 0 saturated carbocycles. The molecule has 1 aromatic heterocycles. The summed E-state index contributed by atoms with van der Waals surface area (Å²) in [6.45, 7) is 6.00. The Hall–Kier alpha value is -2.80. The van der Waals surface area contributed by atoms with E-state index in [9.17, 15) is 13.6 Å². The van der Waals surface area contributed by atoms with E-state index < -0.39 is 5.92 Å². The summed E-state index contributed by atoms with van der Waals surface area (Å²) in [6, 6.07) is 7.80. The molecule has 0 aliphatic carbocycles. The predicted molar refractivity (Wildman–Crippen MR) is 95.5 cm³/mol. The summed E-state index contributed by atoms with van der Waals surface area (Å²) in [6.07, 6.45) is 6.85. The Morgan fingerprint density at radius 1 is 1.24 bits per heavy atom. The van der Waals surface area contributed by atoms with Crippen LogP contribution in [0.1, 0.15) is 53.5 Å². The summed E-state index contributed by atoms with van der Waals surface area (Å²) in [7, 11) is 0. The first-order valence-electron chi connectivity index (χ1n) is 7.80. The van der Waals surface area contributed by atoms with Gasteiger partial charge in [-0.1, -0.05) is 23.6 Å². The van der Waals surface area contributed by atoms with Gasteiger partial charge in [0.1, 0.15) is 5.69 Å². The van der Waals surface area contributed by atoms with Crippen LogP contribution in [0.2, 0.25) is 0 Å². The Morgan fingerprint density at radius 3 is 2.44 bits per heavy atom. The predicted octanol–water partition coefficient (Wildman–Crippen LogP) is 5.16. The van der Waals surface area contributed by atoms with E-state index in [0.29, 0.717) is 16.7 Å². The monoisotopic (exact) mass is 339 g/mol. The molecule has 0 unspecified atom stereocenters. The number of hydrogen-bond acceptors (Lipinski definition) is 2. The Morgan fingerprint density at radius 2 is 1.92 bits per heavy atom. The molecule has 2 nitrogen and oxygen atoms in total. The van der Waals surface area contributed by atoms with Crippen LogP contribution < -0.4 is 0 Å². The molecule has 1 aromatic carbocycles. The molecule has 0 aliphatic rings. The fourth-order valence-corrected chi connectivity index (χ4v) is 2.68. The quantitative estimate of drug-likeness (QED) is 0.437. The summed E-state index contributed by atoms with van der Waals surface area (Å²) in [5.74, 6) is -1.16. The summed E-state index contributed by atoms with van der Waals surface area (Å²) in [5.41, 5.74) is 2.06. The molecular formula is C21H19F2NO. The third-order valence-electron chi connectivity index (χ3n) is 3.88. The Balaban J connectivity index is 2.73. The highest BCUT2D eigenvalue weighted by Crippen LogP contribution is 2.36. The van der Waals surface area contributed by atoms with Gasteiger partial charge in [-0.15, -0.1) is 6.42 Å². The topological polar surface area (TPSA) is 30.0 Å². The lowest BCUT2D eigenvalue weighted by Gasteiger charge is -2.19. The number of hydrogen-bond donors (Lipinski definition) is 0. The van der Waals surface area contributed by atoms with Crippen molar-refractivity contribution >= 4 is 11.4 Å². The zero-order valence-electron chi connectivity index (χ0n) is 14.7. The van der Waals surface area contributed by atoms with Crippen molar-refractivity contribution in [2.75, 3.05) is 0 Å². The maximum atomic E-state index is 14.2. The van der Waals surface area contributed by atoms with Gasteiger partial charge in [0.2, 0.25) is 5.78 Å². The minimum atomic E-state index is -3.14. The Labute approximate surface area is 146 Å². The molecule has 0 N–H and O–H groups in total. The van der Waals surface area contributed by atoms with Crippen LogP contribution in [0.25, 0.3) is 5.57 Å². The smallest absolute Gasteiger partial charge is 0.271 e. The van der Waals surface area contributed by atoms with E-state index >= 15 is 0 Å². The second kappa shape index (κ2) is 6.98. The highest BCUT2D eigenvalue weighted by atomic mass is 19.3. The number of benzene rings is 1. The van der Waals surface area contributed by atoms with Crippen molar-refractivity contribution in [1.82, 2.24) is 4.98 Å². The largest absolute Gasteiger partial charge is 0.287 e. The molecule has 2 aromatic rings. The van der Waals surface area contributed by atoms with Gasteiger partial charge >= 0.3 is 0 Å². The number of ketones is 1. The number of carbonyl (C=O) groups excluding carboxylic acids is 1. The van der Waals surface area contributed by atoms with Crippen LogP contribution in [0.3, 0.4) is 0 Å². The number of aromatic nitrogens is 1. The zero-order chi connectivity index (χ0) is 18.8. The van der Waals surface area contributed by atoms with Crippen LogP contribution in [0, 0.1) is 19.3 Å². The number of terminal acetylenes is 1. The number of allylic oxidation sites excluding steroid dienone is 2. The van der Waals surface area contributed by atoms with E-state index in [1.54, 1.807) is 39.0 Å². The van der Waals surface area contributed by atoms with Crippen molar-refractivity contribution in [3.8, 4) is 12.3 Å². The number of carbonyl (C=O) groups is 1. The summed E-state index contributed by atoms with van der Waals surface area (Å²) >= 11 is 0. The van der Waals surface area contributed by atoms with Crippen molar-refractivity contribution in [3.05, 3.63) is 70.0 Å². The van der Waals surface area contributed by atoms with Crippen molar-refractivity contribution in [1.29, 1.82) is 0 Å². The average Bonchev–Trinajstić information content (AvgIpc) is 2.54. The number of halogens is 2. The van der Waals surface area contributed by atoms with Crippen LogP contribution in [0.4, 0.5) is 8.78 Å². The van der Waals surface area contributed by atoms with Crippen molar-refractivity contribution < 1.29 is 13.6 Å². The van der Waals surface area contributed by atoms with Gasteiger partial charge in [-0.05, 0) is 50.1 Å². The number of nitrogens with zero attached hydrogens (tertiary/aromatic N) is 1. The Kier molecular flexibility index (Phi) is 5.18. The number of aryl methyl sites for hydroxylation is 1. The van der Waals surface area contributed by atoms with Crippen LogP contribution in [0.15, 0.2) is 42.1 Å². The van der Waals surface area contributed by atoms with Crippen LogP contribution in [-0.4, -0.2) is 10.8 Å². The lowest BCUT2D eigenvalue weighted by atomic mass is 9.88. The molecule has 0 bridgehead atoms. The third kappa shape index (κ3) is 3.83. The molecule has 0 radical (unpaired) electrons. The van der Waals surface area contributed by atoms with Gasteiger partial charge in [0.25, 0.3) is 5.92 Å². The lowest BCUT2D eigenvalue weighted by Crippen LogP contribution is -2.15. The van der Waals surface area contributed by atoms with Gasteiger partial charge < -0.3 is 0 Å². The minimum absolute atomic E-state index is 0.182. The second-order valence-electron chi connectivity index (χ2n) is 6.17. The van der Waals surface area contributed by atoms with Gasteiger partial charge in [-0.25, -0.2) is 8.78 Å². The molecule has 4 heteroatoms.